The van der Waals surface area contributed by atoms with Crippen LogP contribution < -0.4 is 5.32 Å². The minimum atomic E-state index is -0.0935. The van der Waals surface area contributed by atoms with Gasteiger partial charge in [-0.3, -0.25) is 10.1 Å². The van der Waals surface area contributed by atoms with E-state index >= 15 is 0 Å². The second-order valence-electron chi connectivity index (χ2n) is 5.21. The van der Waals surface area contributed by atoms with Gasteiger partial charge in [0.05, 0.1) is 10.2 Å². The lowest BCUT2D eigenvalue weighted by Gasteiger charge is -2.10. The van der Waals surface area contributed by atoms with Crippen molar-refractivity contribution in [3.8, 4) is 0 Å². The van der Waals surface area contributed by atoms with Gasteiger partial charge in [0.2, 0.25) is 0 Å². The molecule has 3 rings (SSSR count). The molecule has 3 nitrogen and oxygen atoms in total. The van der Waals surface area contributed by atoms with E-state index in [1.807, 2.05) is 57.2 Å². The number of carbonyl (C=O) groups is 1. The summed E-state index contributed by atoms with van der Waals surface area (Å²) in [5.74, 6) is -0.0935. The number of hydrogen-bond acceptors (Lipinski definition) is 3. The normalized spacial score (nSPS) is 10.8. The predicted octanol–water partition coefficient (Wildman–Crippen LogP) is 4.47. The molecule has 21 heavy (non-hydrogen) atoms. The van der Waals surface area contributed by atoms with E-state index in [-0.39, 0.29) is 5.91 Å². The summed E-state index contributed by atoms with van der Waals surface area (Å²) in [4.78, 5) is 16.9. The Hall–Kier alpha value is -2.20. The number of amides is 1. The van der Waals surface area contributed by atoms with Crippen LogP contribution in [0.1, 0.15) is 27.0 Å². The molecule has 1 N–H and O–H groups in total. The summed E-state index contributed by atoms with van der Waals surface area (Å²) >= 11 is 1.49. The Labute approximate surface area is 127 Å². The van der Waals surface area contributed by atoms with E-state index in [0.717, 1.165) is 26.9 Å². The molecule has 0 aliphatic carbocycles. The number of benzene rings is 2. The van der Waals surface area contributed by atoms with Crippen LogP contribution in [-0.4, -0.2) is 10.9 Å². The zero-order valence-corrected chi connectivity index (χ0v) is 13.0. The molecule has 0 atom stereocenters. The maximum atomic E-state index is 12.5. The molecule has 3 aromatic rings. The van der Waals surface area contributed by atoms with Crippen molar-refractivity contribution in [2.45, 2.75) is 20.8 Å². The van der Waals surface area contributed by atoms with Gasteiger partial charge in [-0.15, -0.1) is 0 Å². The summed E-state index contributed by atoms with van der Waals surface area (Å²) < 4.78 is 1.07. The van der Waals surface area contributed by atoms with Gasteiger partial charge in [-0.2, -0.15) is 0 Å². The highest BCUT2D eigenvalue weighted by Gasteiger charge is 2.14. The summed E-state index contributed by atoms with van der Waals surface area (Å²) in [5.41, 5.74) is 4.80. The van der Waals surface area contributed by atoms with Gasteiger partial charge in [-0.05, 0) is 44.0 Å². The number of nitrogens with one attached hydrogen (secondary N) is 1. The fourth-order valence-corrected chi connectivity index (χ4v) is 3.48. The lowest BCUT2D eigenvalue weighted by molar-refractivity contribution is 0.102. The molecule has 0 bridgehead atoms. The minimum absolute atomic E-state index is 0.0935. The predicted molar refractivity (Wildman–Crippen MR) is 88.2 cm³/mol. The summed E-state index contributed by atoms with van der Waals surface area (Å²) in [6.07, 6.45) is 0. The number of fused-ring (bicyclic) bond motifs is 1. The first kappa shape index (κ1) is 13.8. The van der Waals surface area contributed by atoms with Gasteiger partial charge in [0, 0.05) is 5.56 Å². The molecule has 0 fully saturated rings. The average Bonchev–Trinajstić information content (AvgIpc) is 2.79. The van der Waals surface area contributed by atoms with Crippen molar-refractivity contribution < 1.29 is 4.79 Å². The number of nitrogens with zero attached hydrogens (tertiary/aromatic N) is 1. The van der Waals surface area contributed by atoms with E-state index in [1.54, 1.807) is 0 Å². The largest absolute Gasteiger partial charge is 0.298 e. The molecule has 2 aromatic carbocycles. The molecule has 0 saturated carbocycles. The maximum absolute atomic E-state index is 12.5. The molecule has 106 valence electrons. The van der Waals surface area contributed by atoms with Gasteiger partial charge in [-0.25, -0.2) is 4.98 Å². The smallest absolute Gasteiger partial charge is 0.257 e. The van der Waals surface area contributed by atoms with E-state index < -0.39 is 0 Å². The van der Waals surface area contributed by atoms with Crippen molar-refractivity contribution in [3.63, 3.8) is 0 Å². The Morgan fingerprint density at radius 3 is 2.43 bits per heavy atom. The molecule has 1 amide bonds. The summed E-state index contributed by atoms with van der Waals surface area (Å²) in [7, 11) is 0. The number of aromatic nitrogens is 1. The Bertz CT molecular complexity index is 780. The third-order valence-electron chi connectivity index (χ3n) is 3.42. The van der Waals surface area contributed by atoms with Crippen LogP contribution in [-0.2, 0) is 0 Å². The van der Waals surface area contributed by atoms with Crippen molar-refractivity contribution in [3.05, 3.63) is 58.7 Å². The molecular formula is C17H16N2OS. The van der Waals surface area contributed by atoms with E-state index in [9.17, 15) is 4.79 Å². The molecular weight excluding hydrogens is 280 g/mol. The first-order valence-corrected chi connectivity index (χ1v) is 7.61. The highest BCUT2D eigenvalue weighted by Crippen LogP contribution is 2.26. The molecule has 0 unspecified atom stereocenters. The van der Waals surface area contributed by atoms with Crippen molar-refractivity contribution in [1.82, 2.24) is 4.98 Å². The number of anilines is 1. The van der Waals surface area contributed by atoms with Crippen LogP contribution >= 0.6 is 11.3 Å². The van der Waals surface area contributed by atoms with E-state index in [0.29, 0.717) is 5.13 Å². The Morgan fingerprint density at radius 1 is 1.10 bits per heavy atom. The van der Waals surface area contributed by atoms with Gasteiger partial charge < -0.3 is 0 Å². The van der Waals surface area contributed by atoms with Gasteiger partial charge in [0.25, 0.3) is 5.91 Å². The zero-order chi connectivity index (χ0) is 15.0. The summed E-state index contributed by atoms with van der Waals surface area (Å²) in [6, 6.07) is 11.9. The number of thiazole rings is 1. The monoisotopic (exact) mass is 296 g/mol. The Morgan fingerprint density at radius 2 is 1.76 bits per heavy atom. The highest BCUT2D eigenvalue weighted by atomic mass is 32.1. The molecule has 0 aliphatic heterocycles. The maximum Gasteiger partial charge on any atom is 0.257 e. The van der Waals surface area contributed by atoms with E-state index in [2.05, 4.69) is 10.3 Å². The standard InChI is InChI=1S/C17H16N2OS/c1-10-8-11(2)15(12(3)9-10)16(20)19-17-18-13-6-4-5-7-14(13)21-17/h4-9H,1-3H3,(H,18,19,20). The number of carbonyl (C=O) groups excluding carboxylic acids is 1. The van der Waals surface area contributed by atoms with E-state index in [4.69, 9.17) is 0 Å². The topological polar surface area (TPSA) is 42.0 Å². The second kappa shape index (κ2) is 5.30. The first-order chi connectivity index (χ1) is 10.0. The molecule has 0 aliphatic rings. The molecule has 0 spiro atoms. The van der Waals surface area contributed by atoms with Crippen LogP contribution in [0.4, 0.5) is 5.13 Å². The van der Waals surface area contributed by atoms with Gasteiger partial charge >= 0.3 is 0 Å². The summed E-state index contributed by atoms with van der Waals surface area (Å²) in [5, 5.41) is 3.56. The Kier molecular flexibility index (Phi) is 3.47. The molecule has 4 heteroatoms. The quantitative estimate of drug-likeness (QED) is 0.758. The lowest BCUT2D eigenvalue weighted by Crippen LogP contribution is -2.15. The average molecular weight is 296 g/mol. The van der Waals surface area contributed by atoms with Crippen molar-refractivity contribution in [2.75, 3.05) is 5.32 Å². The van der Waals surface area contributed by atoms with Gasteiger partial charge in [-0.1, -0.05) is 41.2 Å². The van der Waals surface area contributed by atoms with Crippen LogP contribution in [0, 0.1) is 20.8 Å². The van der Waals surface area contributed by atoms with Crippen molar-refractivity contribution in [1.29, 1.82) is 0 Å². The van der Waals surface area contributed by atoms with Crippen LogP contribution in [0.25, 0.3) is 10.2 Å². The number of hydrogen-bond donors (Lipinski definition) is 1. The second-order valence-corrected chi connectivity index (χ2v) is 6.25. The van der Waals surface area contributed by atoms with Crippen LogP contribution in [0.15, 0.2) is 36.4 Å². The highest BCUT2D eigenvalue weighted by molar-refractivity contribution is 7.22. The zero-order valence-electron chi connectivity index (χ0n) is 12.2. The summed E-state index contributed by atoms with van der Waals surface area (Å²) in [6.45, 7) is 5.97. The third-order valence-corrected chi connectivity index (χ3v) is 4.37. The first-order valence-electron chi connectivity index (χ1n) is 6.79. The van der Waals surface area contributed by atoms with Gasteiger partial charge in [0.1, 0.15) is 0 Å². The molecule has 1 aromatic heterocycles. The number of rotatable bonds is 2. The fourth-order valence-electron chi connectivity index (χ4n) is 2.62. The van der Waals surface area contributed by atoms with Gasteiger partial charge in [0.15, 0.2) is 5.13 Å². The minimum Gasteiger partial charge on any atom is -0.298 e. The number of aryl methyl sites for hydroxylation is 3. The molecule has 1 heterocycles. The number of para-hydroxylation sites is 1. The Balaban J connectivity index is 1.93. The molecule has 0 saturated heterocycles. The van der Waals surface area contributed by atoms with Crippen molar-refractivity contribution in [2.24, 2.45) is 0 Å². The van der Waals surface area contributed by atoms with Crippen LogP contribution in [0.3, 0.4) is 0 Å². The van der Waals surface area contributed by atoms with Crippen LogP contribution in [0.5, 0.6) is 0 Å². The fraction of sp³-hybridized carbons (Fsp3) is 0.176. The SMILES string of the molecule is Cc1cc(C)c(C(=O)Nc2nc3ccccc3s2)c(C)c1. The van der Waals surface area contributed by atoms with Crippen LogP contribution in [0.2, 0.25) is 0 Å². The van der Waals surface area contributed by atoms with E-state index in [1.165, 1.54) is 16.9 Å². The lowest BCUT2D eigenvalue weighted by atomic mass is 9.99. The van der Waals surface area contributed by atoms with Crippen molar-refractivity contribution >= 4 is 32.6 Å². The third kappa shape index (κ3) is 2.67. The molecule has 0 radical (unpaired) electrons.